The molecule has 0 fully saturated rings. The fraction of sp³-hybridized carbons (Fsp3) is 0.400. The summed E-state index contributed by atoms with van der Waals surface area (Å²) in [5.74, 6) is 1.91. The van der Waals surface area contributed by atoms with Gasteiger partial charge in [-0.1, -0.05) is 19.1 Å². The first-order chi connectivity index (χ1) is 9.30. The smallest absolute Gasteiger partial charge is 0.130 e. The van der Waals surface area contributed by atoms with Crippen LogP contribution in [-0.4, -0.2) is 23.2 Å². The summed E-state index contributed by atoms with van der Waals surface area (Å²) in [6, 6.07) is 8.22. The summed E-state index contributed by atoms with van der Waals surface area (Å²) >= 11 is 0. The van der Waals surface area contributed by atoms with Crippen LogP contribution in [0.2, 0.25) is 0 Å². The van der Waals surface area contributed by atoms with Crippen LogP contribution in [-0.2, 0) is 6.54 Å². The van der Waals surface area contributed by atoms with E-state index in [1.54, 1.807) is 7.11 Å². The van der Waals surface area contributed by atoms with E-state index in [1.165, 1.54) is 5.56 Å². The molecule has 4 nitrogen and oxygen atoms in total. The maximum absolute atomic E-state index is 5.30. The van der Waals surface area contributed by atoms with Gasteiger partial charge in [0.15, 0.2) is 0 Å². The summed E-state index contributed by atoms with van der Waals surface area (Å²) in [7, 11) is 1.69. The first kappa shape index (κ1) is 13.6. The minimum absolute atomic E-state index is 0.0926. The van der Waals surface area contributed by atoms with Gasteiger partial charge < -0.3 is 14.6 Å². The number of nitrogens with one attached hydrogen (secondary N) is 1. The molecule has 0 spiro atoms. The average Bonchev–Trinajstić information content (AvgIpc) is 2.93. The molecule has 0 aliphatic heterocycles. The van der Waals surface area contributed by atoms with Gasteiger partial charge in [0.1, 0.15) is 11.6 Å². The van der Waals surface area contributed by atoms with Crippen LogP contribution >= 0.6 is 0 Å². The highest BCUT2D eigenvalue weighted by Gasteiger charge is 2.18. The molecule has 1 atom stereocenters. The zero-order valence-electron chi connectivity index (χ0n) is 11.8. The minimum atomic E-state index is 0.0926. The second kappa shape index (κ2) is 6.38. The van der Waals surface area contributed by atoms with Crippen molar-refractivity contribution in [3.8, 4) is 5.75 Å². The predicted octanol–water partition coefficient (Wildman–Crippen LogP) is 2.61. The van der Waals surface area contributed by atoms with Crippen LogP contribution in [0.5, 0.6) is 5.75 Å². The molecule has 0 aliphatic carbocycles. The predicted molar refractivity (Wildman–Crippen MR) is 76.4 cm³/mol. The summed E-state index contributed by atoms with van der Waals surface area (Å²) in [5.41, 5.74) is 1.17. The first-order valence-corrected chi connectivity index (χ1v) is 6.68. The molecule has 2 aromatic rings. The van der Waals surface area contributed by atoms with Crippen molar-refractivity contribution >= 4 is 0 Å². The van der Waals surface area contributed by atoms with Gasteiger partial charge in [-0.15, -0.1) is 0 Å². The molecule has 0 saturated heterocycles. The highest BCUT2D eigenvalue weighted by atomic mass is 16.5. The Bertz CT molecular complexity index is 522. The van der Waals surface area contributed by atoms with Crippen LogP contribution in [0.15, 0.2) is 36.7 Å². The van der Waals surface area contributed by atoms with E-state index in [4.69, 9.17) is 4.74 Å². The van der Waals surface area contributed by atoms with Crippen molar-refractivity contribution < 1.29 is 4.74 Å². The molecule has 1 N–H and O–H groups in total. The molecule has 1 heterocycles. The molecular formula is C15H21N3O. The Morgan fingerprint density at radius 2 is 2.21 bits per heavy atom. The number of ether oxygens (including phenoxy) is 1. The number of benzene rings is 1. The summed E-state index contributed by atoms with van der Waals surface area (Å²) in [5, 5.41) is 3.49. The summed E-state index contributed by atoms with van der Waals surface area (Å²) in [6.07, 6.45) is 3.86. The van der Waals surface area contributed by atoms with E-state index in [1.807, 2.05) is 24.5 Å². The SMILES string of the molecule is CCNC(c1cccc(OC)c1)c1nccn1CC. The van der Waals surface area contributed by atoms with Crippen LogP contribution in [0.25, 0.3) is 0 Å². The van der Waals surface area contributed by atoms with Gasteiger partial charge in [0.25, 0.3) is 0 Å². The van der Waals surface area contributed by atoms with Gasteiger partial charge in [-0.25, -0.2) is 4.98 Å². The van der Waals surface area contributed by atoms with Gasteiger partial charge in [0, 0.05) is 18.9 Å². The van der Waals surface area contributed by atoms with Crippen LogP contribution < -0.4 is 10.1 Å². The lowest BCUT2D eigenvalue weighted by atomic mass is 10.1. The van der Waals surface area contributed by atoms with E-state index >= 15 is 0 Å². The fourth-order valence-corrected chi connectivity index (χ4v) is 2.23. The van der Waals surface area contributed by atoms with Crippen molar-refractivity contribution in [3.63, 3.8) is 0 Å². The van der Waals surface area contributed by atoms with Crippen molar-refractivity contribution in [2.75, 3.05) is 13.7 Å². The number of aryl methyl sites for hydroxylation is 1. The number of imidazole rings is 1. The largest absolute Gasteiger partial charge is 0.497 e. The third kappa shape index (κ3) is 2.96. The third-order valence-electron chi connectivity index (χ3n) is 3.18. The van der Waals surface area contributed by atoms with Gasteiger partial charge in [-0.3, -0.25) is 0 Å². The van der Waals surface area contributed by atoms with Crippen LogP contribution in [0, 0.1) is 0 Å². The van der Waals surface area contributed by atoms with E-state index in [2.05, 4.69) is 40.8 Å². The quantitative estimate of drug-likeness (QED) is 0.866. The van der Waals surface area contributed by atoms with Crippen molar-refractivity contribution in [2.45, 2.75) is 26.4 Å². The van der Waals surface area contributed by atoms with Crippen LogP contribution in [0.4, 0.5) is 0 Å². The van der Waals surface area contributed by atoms with Crippen LogP contribution in [0.1, 0.15) is 31.3 Å². The number of methoxy groups -OCH3 is 1. The van der Waals surface area contributed by atoms with Gasteiger partial charge in [-0.05, 0) is 31.2 Å². The van der Waals surface area contributed by atoms with E-state index in [-0.39, 0.29) is 6.04 Å². The lowest BCUT2D eigenvalue weighted by Gasteiger charge is -2.19. The Balaban J connectivity index is 2.39. The van der Waals surface area contributed by atoms with Gasteiger partial charge in [0.05, 0.1) is 13.2 Å². The molecule has 2 rings (SSSR count). The number of hydrogen-bond donors (Lipinski definition) is 1. The molecule has 1 unspecified atom stereocenters. The Kier molecular flexibility index (Phi) is 4.58. The van der Waals surface area contributed by atoms with Crippen molar-refractivity contribution in [3.05, 3.63) is 48.0 Å². The van der Waals surface area contributed by atoms with Crippen LogP contribution in [0.3, 0.4) is 0 Å². The zero-order chi connectivity index (χ0) is 13.7. The number of nitrogens with zero attached hydrogens (tertiary/aromatic N) is 2. The van der Waals surface area contributed by atoms with E-state index < -0.39 is 0 Å². The van der Waals surface area contributed by atoms with Gasteiger partial charge in [0.2, 0.25) is 0 Å². The molecule has 19 heavy (non-hydrogen) atoms. The second-order valence-electron chi connectivity index (χ2n) is 4.34. The van der Waals surface area contributed by atoms with E-state index in [9.17, 15) is 0 Å². The Morgan fingerprint density at radius 1 is 1.37 bits per heavy atom. The Labute approximate surface area is 114 Å². The monoisotopic (exact) mass is 259 g/mol. The fourth-order valence-electron chi connectivity index (χ4n) is 2.23. The number of hydrogen-bond acceptors (Lipinski definition) is 3. The summed E-state index contributed by atoms with van der Waals surface area (Å²) in [6.45, 7) is 6.03. The lowest BCUT2D eigenvalue weighted by Crippen LogP contribution is -2.25. The maximum Gasteiger partial charge on any atom is 0.130 e. The van der Waals surface area contributed by atoms with Gasteiger partial charge in [-0.2, -0.15) is 0 Å². The van der Waals surface area contributed by atoms with Crippen molar-refractivity contribution in [1.29, 1.82) is 0 Å². The average molecular weight is 259 g/mol. The standard InChI is InChI=1S/C15H21N3O/c1-4-16-14(15-17-9-10-18(15)5-2)12-7-6-8-13(11-12)19-3/h6-11,14,16H,4-5H2,1-3H3. The molecule has 1 aromatic carbocycles. The molecule has 0 bridgehead atoms. The molecule has 4 heteroatoms. The summed E-state index contributed by atoms with van der Waals surface area (Å²) < 4.78 is 7.46. The molecule has 0 radical (unpaired) electrons. The minimum Gasteiger partial charge on any atom is -0.497 e. The highest BCUT2D eigenvalue weighted by molar-refractivity contribution is 5.33. The van der Waals surface area contributed by atoms with Crippen molar-refractivity contribution in [1.82, 2.24) is 14.9 Å². The zero-order valence-corrected chi connectivity index (χ0v) is 11.8. The third-order valence-corrected chi connectivity index (χ3v) is 3.18. The molecule has 0 saturated carbocycles. The Hall–Kier alpha value is -1.81. The molecular weight excluding hydrogens is 238 g/mol. The second-order valence-corrected chi connectivity index (χ2v) is 4.34. The number of rotatable bonds is 6. The number of aromatic nitrogens is 2. The maximum atomic E-state index is 5.30. The van der Waals surface area contributed by atoms with E-state index in [0.717, 1.165) is 24.7 Å². The first-order valence-electron chi connectivity index (χ1n) is 6.68. The molecule has 102 valence electrons. The lowest BCUT2D eigenvalue weighted by molar-refractivity contribution is 0.413. The normalized spacial score (nSPS) is 12.4. The van der Waals surface area contributed by atoms with Crippen molar-refractivity contribution in [2.24, 2.45) is 0 Å². The van der Waals surface area contributed by atoms with E-state index in [0.29, 0.717) is 0 Å². The molecule has 1 aromatic heterocycles. The topological polar surface area (TPSA) is 39.1 Å². The summed E-state index contributed by atoms with van der Waals surface area (Å²) in [4.78, 5) is 4.50. The molecule has 0 amide bonds. The Morgan fingerprint density at radius 3 is 2.89 bits per heavy atom. The molecule has 0 aliphatic rings. The van der Waals surface area contributed by atoms with Gasteiger partial charge >= 0.3 is 0 Å². The highest BCUT2D eigenvalue weighted by Crippen LogP contribution is 2.24.